The Balaban J connectivity index is 1.71. The Labute approximate surface area is 181 Å². The average molecular weight is 445 g/mol. The number of rotatable bonds is 7. The van der Waals surface area contributed by atoms with Crippen molar-refractivity contribution in [2.45, 2.75) is 6.92 Å². The fraction of sp³-hybridized carbons (Fsp3) is 0.143. The fourth-order valence-corrected chi connectivity index (χ4v) is 3.60. The third-order valence-corrected chi connectivity index (χ3v) is 5.21. The highest BCUT2D eigenvalue weighted by atomic mass is 35.5. The van der Waals surface area contributed by atoms with Crippen molar-refractivity contribution in [1.82, 2.24) is 4.98 Å². The summed E-state index contributed by atoms with van der Waals surface area (Å²) in [4.78, 5) is 41.5. The Morgan fingerprint density at radius 2 is 1.83 bits per heavy atom. The summed E-state index contributed by atoms with van der Waals surface area (Å²) in [5, 5.41) is 2.85. The third-order valence-electron chi connectivity index (χ3n) is 3.82. The molecule has 9 heteroatoms. The van der Waals surface area contributed by atoms with Gasteiger partial charge in [-0.25, -0.2) is 14.6 Å². The highest BCUT2D eigenvalue weighted by molar-refractivity contribution is 7.18. The number of thiophene rings is 1. The smallest absolute Gasteiger partial charge is 0.350 e. The van der Waals surface area contributed by atoms with E-state index in [0.717, 1.165) is 10.4 Å². The summed E-state index contributed by atoms with van der Waals surface area (Å²) in [6.45, 7) is 1.38. The molecule has 0 radical (unpaired) electrons. The summed E-state index contributed by atoms with van der Waals surface area (Å²) in [7, 11) is 0. The van der Waals surface area contributed by atoms with Gasteiger partial charge in [-0.2, -0.15) is 0 Å². The Hall–Kier alpha value is -3.23. The van der Waals surface area contributed by atoms with Gasteiger partial charge < -0.3 is 14.8 Å². The van der Waals surface area contributed by atoms with Crippen LogP contribution in [0.1, 0.15) is 27.0 Å². The molecule has 30 heavy (non-hydrogen) atoms. The fourth-order valence-electron chi connectivity index (χ4n) is 2.47. The average Bonchev–Trinajstić information content (AvgIpc) is 3.17. The molecule has 0 atom stereocenters. The van der Waals surface area contributed by atoms with E-state index in [-0.39, 0.29) is 22.2 Å². The van der Waals surface area contributed by atoms with Gasteiger partial charge in [0.15, 0.2) is 6.61 Å². The molecule has 0 spiro atoms. The van der Waals surface area contributed by atoms with Crippen molar-refractivity contribution < 1.29 is 23.9 Å². The lowest BCUT2D eigenvalue weighted by Crippen LogP contribution is -2.21. The van der Waals surface area contributed by atoms with Gasteiger partial charge in [-0.15, -0.1) is 11.3 Å². The summed E-state index contributed by atoms with van der Waals surface area (Å²) < 4.78 is 10.1. The molecule has 0 saturated heterocycles. The van der Waals surface area contributed by atoms with Crippen LogP contribution in [0.15, 0.2) is 54.7 Å². The van der Waals surface area contributed by atoms with E-state index in [4.69, 9.17) is 21.1 Å². The predicted molar refractivity (Wildman–Crippen MR) is 114 cm³/mol. The summed E-state index contributed by atoms with van der Waals surface area (Å²) >= 11 is 6.89. The van der Waals surface area contributed by atoms with Crippen molar-refractivity contribution in [2.24, 2.45) is 0 Å². The molecule has 0 aliphatic rings. The molecule has 7 nitrogen and oxygen atoms in total. The number of benzene rings is 1. The van der Waals surface area contributed by atoms with Crippen molar-refractivity contribution in [1.29, 1.82) is 0 Å². The number of ether oxygens (including phenoxy) is 2. The molecule has 0 aliphatic carbocycles. The number of carbonyl (C=O) groups excluding carboxylic acids is 3. The van der Waals surface area contributed by atoms with Crippen LogP contribution in [0.25, 0.3) is 10.4 Å². The van der Waals surface area contributed by atoms with E-state index >= 15 is 0 Å². The number of hydrogen-bond acceptors (Lipinski definition) is 7. The molecule has 1 aromatic carbocycles. The van der Waals surface area contributed by atoms with Crippen molar-refractivity contribution >= 4 is 46.5 Å². The van der Waals surface area contributed by atoms with Crippen molar-refractivity contribution in [2.75, 3.05) is 18.5 Å². The van der Waals surface area contributed by atoms with E-state index in [1.165, 1.54) is 29.7 Å². The first kappa shape index (κ1) is 21.5. The number of aromatic nitrogens is 1. The Morgan fingerprint density at radius 1 is 1.07 bits per heavy atom. The maximum atomic E-state index is 12.3. The third kappa shape index (κ3) is 5.43. The quantitative estimate of drug-likeness (QED) is 0.427. The number of pyridine rings is 1. The standard InChI is InChI=1S/C21H17ClN2O5S/c1-2-28-21(27)19-15(10-16(30-19)13-6-4-3-5-7-13)24-18(25)12-29-20(26)14-8-9-17(22)23-11-14/h3-11H,2,12H2,1H3,(H,24,25). The first-order chi connectivity index (χ1) is 14.5. The monoisotopic (exact) mass is 444 g/mol. The first-order valence-corrected chi connectivity index (χ1v) is 10.1. The van der Waals surface area contributed by atoms with E-state index < -0.39 is 24.5 Å². The first-order valence-electron chi connectivity index (χ1n) is 8.93. The lowest BCUT2D eigenvalue weighted by Gasteiger charge is -2.07. The highest BCUT2D eigenvalue weighted by Crippen LogP contribution is 2.35. The molecular formula is C21H17ClN2O5S. The van der Waals surface area contributed by atoms with Crippen molar-refractivity contribution in [3.05, 3.63) is 70.3 Å². The Bertz CT molecular complexity index is 1050. The van der Waals surface area contributed by atoms with Gasteiger partial charge in [0.25, 0.3) is 5.91 Å². The van der Waals surface area contributed by atoms with Crippen LogP contribution in [0.4, 0.5) is 5.69 Å². The molecule has 2 heterocycles. The van der Waals surface area contributed by atoms with Gasteiger partial charge in [-0.05, 0) is 30.7 Å². The van der Waals surface area contributed by atoms with E-state index in [0.29, 0.717) is 5.69 Å². The summed E-state index contributed by atoms with van der Waals surface area (Å²) in [5.74, 6) is -1.84. The molecule has 2 aromatic heterocycles. The second-order valence-corrected chi connectivity index (χ2v) is 7.37. The van der Waals surface area contributed by atoms with E-state index in [1.807, 2.05) is 30.3 Å². The Morgan fingerprint density at radius 3 is 2.50 bits per heavy atom. The largest absolute Gasteiger partial charge is 0.462 e. The van der Waals surface area contributed by atoms with Crippen LogP contribution in [-0.2, 0) is 14.3 Å². The number of hydrogen-bond donors (Lipinski definition) is 1. The molecule has 154 valence electrons. The number of nitrogens with one attached hydrogen (secondary N) is 1. The zero-order valence-corrected chi connectivity index (χ0v) is 17.5. The highest BCUT2D eigenvalue weighted by Gasteiger charge is 2.20. The molecule has 0 fully saturated rings. The van der Waals surface area contributed by atoms with Gasteiger partial charge >= 0.3 is 11.9 Å². The summed E-state index contributed by atoms with van der Waals surface area (Å²) in [5.41, 5.74) is 1.36. The van der Waals surface area contributed by atoms with Crippen LogP contribution < -0.4 is 5.32 Å². The van der Waals surface area contributed by atoms with Crippen molar-refractivity contribution in [3.63, 3.8) is 0 Å². The molecule has 1 N–H and O–H groups in total. The molecule has 3 aromatic rings. The van der Waals surface area contributed by atoms with Gasteiger partial charge in [0, 0.05) is 11.1 Å². The second-order valence-electron chi connectivity index (χ2n) is 5.93. The van der Waals surface area contributed by atoms with Gasteiger partial charge in [-0.1, -0.05) is 41.9 Å². The van der Waals surface area contributed by atoms with Gasteiger partial charge in [0.1, 0.15) is 10.0 Å². The minimum Gasteiger partial charge on any atom is -0.462 e. The van der Waals surface area contributed by atoms with Crippen molar-refractivity contribution in [3.8, 4) is 10.4 Å². The molecular weight excluding hydrogens is 428 g/mol. The second kappa shape index (κ2) is 10.00. The van der Waals surface area contributed by atoms with Crippen LogP contribution in [-0.4, -0.2) is 36.0 Å². The maximum Gasteiger partial charge on any atom is 0.350 e. The number of nitrogens with zero attached hydrogens (tertiary/aromatic N) is 1. The molecule has 0 aliphatic heterocycles. The SMILES string of the molecule is CCOC(=O)c1sc(-c2ccccc2)cc1NC(=O)COC(=O)c1ccc(Cl)nc1. The van der Waals surface area contributed by atoms with Gasteiger partial charge in [0.2, 0.25) is 0 Å². The van der Waals surface area contributed by atoms with E-state index in [2.05, 4.69) is 10.3 Å². The number of carbonyl (C=O) groups is 3. The topological polar surface area (TPSA) is 94.6 Å². The lowest BCUT2D eigenvalue weighted by atomic mass is 10.2. The van der Waals surface area contributed by atoms with E-state index in [1.54, 1.807) is 13.0 Å². The molecule has 0 bridgehead atoms. The Kier molecular flexibility index (Phi) is 7.16. The van der Waals surface area contributed by atoms with Gasteiger partial charge in [-0.3, -0.25) is 4.79 Å². The van der Waals surface area contributed by atoms with Gasteiger partial charge in [0.05, 0.1) is 17.9 Å². The number of amides is 1. The molecule has 3 rings (SSSR count). The molecule has 1 amide bonds. The number of halogens is 1. The zero-order chi connectivity index (χ0) is 21.5. The molecule has 0 unspecified atom stereocenters. The number of esters is 2. The normalized spacial score (nSPS) is 10.3. The predicted octanol–water partition coefficient (Wildman–Crippen LogP) is 4.44. The zero-order valence-electron chi connectivity index (χ0n) is 15.9. The van der Waals surface area contributed by atoms with Crippen LogP contribution in [0.3, 0.4) is 0 Å². The maximum absolute atomic E-state index is 12.3. The summed E-state index contributed by atoms with van der Waals surface area (Å²) in [6, 6.07) is 14.0. The summed E-state index contributed by atoms with van der Waals surface area (Å²) in [6.07, 6.45) is 1.26. The molecule has 0 saturated carbocycles. The lowest BCUT2D eigenvalue weighted by molar-refractivity contribution is -0.119. The van der Waals surface area contributed by atoms with Crippen LogP contribution in [0.2, 0.25) is 5.15 Å². The van der Waals surface area contributed by atoms with Crippen LogP contribution in [0, 0.1) is 0 Å². The van der Waals surface area contributed by atoms with E-state index in [9.17, 15) is 14.4 Å². The minimum atomic E-state index is -0.713. The number of anilines is 1. The van der Waals surface area contributed by atoms with Crippen LogP contribution in [0.5, 0.6) is 0 Å². The minimum absolute atomic E-state index is 0.168. The van der Waals surface area contributed by atoms with Crippen LogP contribution >= 0.6 is 22.9 Å².